The Labute approximate surface area is 138 Å². The van der Waals surface area contributed by atoms with E-state index in [0.29, 0.717) is 12.4 Å². The largest absolute Gasteiger partial charge is 0.494 e. The minimum atomic E-state index is -3.65. The summed E-state index contributed by atoms with van der Waals surface area (Å²) in [6.45, 7) is 2.71. The van der Waals surface area contributed by atoms with Crippen molar-refractivity contribution in [2.45, 2.75) is 24.7 Å². The third-order valence-electron chi connectivity index (χ3n) is 2.87. The number of rotatable bonds is 7. The van der Waals surface area contributed by atoms with Crippen LogP contribution in [0.4, 0.5) is 5.82 Å². The fourth-order valence-corrected chi connectivity index (χ4v) is 2.93. The summed E-state index contributed by atoms with van der Waals surface area (Å²) in [5.74, 6) is 0.931. The first-order chi connectivity index (χ1) is 10.5. The zero-order valence-corrected chi connectivity index (χ0v) is 14.5. The van der Waals surface area contributed by atoms with E-state index >= 15 is 0 Å². The molecule has 0 amide bonds. The van der Waals surface area contributed by atoms with Crippen LogP contribution >= 0.6 is 15.9 Å². The molecular formula is C15H17BrN2O3S. The Hall–Kier alpha value is -1.60. The molecule has 2 rings (SSSR count). The Balaban J connectivity index is 2.07. The van der Waals surface area contributed by atoms with Gasteiger partial charge in [0.15, 0.2) is 0 Å². The van der Waals surface area contributed by atoms with Crippen molar-refractivity contribution in [1.29, 1.82) is 0 Å². The van der Waals surface area contributed by atoms with E-state index in [4.69, 9.17) is 4.74 Å². The van der Waals surface area contributed by atoms with Crippen molar-refractivity contribution in [3.8, 4) is 5.75 Å². The summed E-state index contributed by atoms with van der Waals surface area (Å²) in [5.41, 5.74) is 0. The summed E-state index contributed by atoms with van der Waals surface area (Å²) < 4.78 is 33.2. The predicted octanol–water partition coefficient (Wildman–Crippen LogP) is 3.82. The number of hydrogen-bond donors (Lipinski definition) is 1. The normalized spacial score (nSPS) is 11.2. The van der Waals surface area contributed by atoms with Crippen LogP contribution in [-0.4, -0.2) is 20.0 Å². The highest BCUT2D eigenvalue weighted by Gasteiger charge is 2.14. The van der Waals surface area contributed by atoms with Gasteiger partial charge in [-0.3, -0.25) is 4.72 Å². The van der Waals surface area contributed by atoms with E-state index in [0.717, 1.165) is 17.3 Å². The first-order valence-corrected chi connectivity index (χ1v) is 9.16. The van der Waals surface area contributed by atoms with Crippen molar-refractivity contribution in [1.82, 2.24) is 4.98 Å². The predicted molar refractivity (Wildman–Crippen MR) is 89.6 cm³/mol. The van der Waals surface area contributed by atoms with Crippen LogP contribution in [-0.2, 0) is 10.0 Å². The number of aromatic nitrogens is 1. The molecule has 0 atom stereocenters. The van der Waals surface area contributed by atoms with Gasteiger partial charge in [-0.2, -0.15) is 0 Å². The quantitative estimate of drug-likeness (QED) is 0.736. The molecule has 1 aromatic heterocycles. The Bertz CT molecular complexity index is 701. The summed E-state index contributed by atoms with van der Waals surface area (Å²) in [6.07, 6.45) is 3.55. The van der Waals surface area contributed by atoms with Gasteiger partial charge < -0.3 is 4.74 Å². The molecular weight excluding hydrogens is 368 g/mol. The smallest absolute Gasteiger partial charge is 0.263 e. The van der Waals surface area contributed by atoms with Gasteiger partial charge in [0.25, 0.3) is 10.0 Å². The highest BCUT2D eigenvalue weighted by molar-refractivity contribution is 9.10. The maximum Gasteiger partial charge on any atom is 0.263 e. The SMILES string of the molecule is CCCCOc1ccc(S(=O)(=O)Nc2ccc(Br)cn2)cc1. The van der Waals surface area contributed by atoms with E-state index in [-0.39, 0.29) is 10.7 Å². The molecule has 0 spiro atoms. The topological polar surface area (TPSA) is 68.3 Å². The maximum atomic E-state index is 12.3. The average molecular weight is 385 g/mol. The number of pyridine rings is 1. The molecule has 0 aliphatic heterocycles. The van der Waals surface area contributed by atoms with Crippen molar-refractivity contribution in [3.05, 3.63) is 47.1 Å². The fourth-order valence-electron chi connectivity index (χ4n) is 1.68. The highest BCUT2D eigenvalue weighted by Crippen LogP contribution is 2.19. The number of ether oxygens (including phenoxy) is 1. The lowest BCUT2D eigenvalue weighted by atomic mass is 10.3. The van der Waals surface area contributed by atoms with Crippen molar-refractivity contribution in [3.63, 3.8) is 0 Å². The number of halogens is 1. The minimum Gasteiger partial charge on any atom is -0.494 e. The Morgan fingerprint density at radius 3 is 2.50 bits per heavy atom. The maximum absolute atomic E-state index is 12.3. The van der Waals surface area contributed by atoms with Gasteiger partial charge in [0.1, 0.15) is 11.6 Å². The second kappa shape index (κ2) is 7.60. The molecule has 5 nitrogen and oxygen atoms in total. The molecule has 0 aliphatic rings. The molecule has 22 heavy (non-hydrogen) atoms. The van der Waals surface area contributed by atoms with Gasteiger partial charge in [-0.15, -0.1) is 0 Å². The first kappa shape index (κ1) is 16.8. The zero-order valence-electron chi connectivity index (χ0n) is 12.1. The lowest BCUT2D eigenvalue weighted by molar-refractivity contribution is 0.309. The van der Waals surface area contributed by atoms with Crippen LogP contribution in [0.2, 0.25) is 0 Å². The number of sulfonamides is 1. The molecule has 1 aromatic carbocycles. The lowest BCUT2D eigenvalue weighted by Gasteiger charge is -2.09. The molecule has 1 N–H and O–H groups in total. The number of nitrogens with zero attached hydrogens (tertiary/aromatic N) is 1. The van der Waals surface area contributed by atoms with Gasteiger partial charge in [0.2, 0.25) is 0 Å². The Morgan fingerprint density at radius 1 is 1.18 bits per heavy atom. The van der Waals surface area contributed by atoms with Crippen molar-refractivity contribution >= 4 is 31.8 Å². The van der Waals surface area contributed by atoms with Gasteiger partial charge in [0.05, 0.1) is 11.5 Å². The number of unbranched alkanes of at least 4 members (excludes halogenated alkanes) is 1. The van der Waals surface area contributed by atoms with E-state index in [1.165, 1.54) is 18.3 Å². The van der Waals surface area contributed by atoms with Crippen LogP contribution in [0.5, 0.6) is 5.75 Å². The first-order valence-electron chi connectivity index (χ1n) is 6.88. The third kappa shape index (κ3) is 4.71. The van der Waals surface area contributed by atoms with Gasteiger partial charge in [-0.05, 0) is 58.7 Å². The van der Waals surface area contributed by atoms with Gasteiger partial charge in [0, 0.05) is 10.7 Å². The molecule has 0 saturated carbocycles. The molecule has 0 saturated heterocycles. The zero-order chi connectivity index (χ0) is 16.0. The monoisotopic (exact) mass is 384 g/mol. The van der Waals surface area contributed by atoms with E-state index < -0.39 is 10.0 Å². The average Bonchev–Trinajstić information content (AvgIpc) is 2.50. The fraction of sp³-hybridized carbons (Fsp3) is 0.267. The molecule has 0 fully saturated rings. The summed E-state index contributed by atoms with van der Waals surface area (Å²) in [4.78, 5) is 4.16. The van der Waals surface area contributed by atoms with E-state index in [1.54, 1.807) is 24.3 Å². The van der Waals surface area contributed by atoms with Gasteiger partial charge in [-0.25, -0.2) is 13.4 Å². The molecule has 2 aromatic rings. The van der Waals surface area contributed by atoms with Crippen molar-refractivity contribution in [2.75, 3.05) is 11.3 Å². The molecule has 118 valence electrons. The molecule has 0 unspecified atom stereocenters. The standard InChI is InChI=1S/C15H17BrN2O3S/c1-2-3-10-21-13-5-7-14(8-6-13)22(19,20)18-15-9-4-12(16)11-17-15/h4-9,11H,2-3,10H2,1H3,(H,17,18). The van der Waals surface area contributed by atoms with Crippen molar-refractivity contribution < 1.29 is 13.2 Å². The number of nitrogens with one attached hydrogen (secondary N) is 1. The van der Waals surface area contributed by atoms with Crippen LogP contribution in [0, 0.1) is 0 Å². The second-order valence-corrected chi connectivity index (χ2v) is 7.24. The summed E-state index contributed by atoms with van der Waals surface area (Å²) >= 11 is 3.25. The van der Waals surface area contributed by atoms with Crippen LogP contribution in [0.25, 0.3) is 0 Å². The Morgan fingerprint density at radius 2 is 1.91 bits per heavy atom. The lowest BCUT2D eigenvalue weighted by Crippen LogP contribution is -2.13. The third-order valence-corrected chi connectivity index (χ3v) is 4.71. The molecule has 1 heterocycles. The van der Waals surface area contributed by atoms with Crippen LogP contribution in [0.1, 0.15) is 19.8 Å². The number of benzene rings is 1. The second-order valence-electron chi connectivity index (χ2n) is 4.64. The highest BCUT2D eigenvalue weighted by atomic mass is 79.9. The minimum absolute atomic E-state index is 0.167. The van der Waals surface area contributed by atoms with E-state index in [9.17, 15) is 8.42 Å². The van der Waals surface area contributed by atoms with Crippen LogP contribution in [0.3, 0.4) is 0 Å². The number of hydrogen-bond acceptors (Lipinski definition) is 4. The van der Waals surface area contributed by atoms with E-state index in [1.807, 2.05) is 0 Å². The van der Waals surface area contributed by atoms with Gasteiger partial charge >= 0.3 is 0 Å². The Kier molecular flexibility index (Phi) is 5.79. The van der Waals surface area contributed by atoms with E-state index in [2.05, 4.69) is 32.6 Å². The summed E-state index contributed by atoms with van der Waals surface area (Å²) in [5, 5.41) is 0. The molecule has 0 bridgehead atoms. The van der Waals surface area contributed by atoms with Crippen LogP contribution < -0.4 is 9.46 Å². The molecule has 0 aliphatic carbocycles. The summed E-state index contributed by atoms with van der Waals surface area (Å²) in [6, 6.07) is 9.64. The van der Waals surface area contributed by atoms with Crippen molar-refractivity contribution in [2.24, 2.45) is 0 Å². The summed E-state index contributed by atoms with van der Waals surface area (Å²) in [7, 11) is -3.65. The van der Waals surface area contributed by atoms with Crippen LogP contribution in [0.15, 0.2) is 52.0 Å². The van der Waals surface area contributed by atoms with Gasteiger partial charge in [-0.1, -0.05) is 13.3 Å². The molecule has 0 radical (unpaired) electrons. The number of anilines is 1. The molecule has 7 heteroatoms.